The van der Waals surface area contributed by atoms with Crippen LogP contribution in [0.3, 0.4) is 0 Å². The molecule has 0 heterocycles. The van der Waals surface area contributed by atoms with Gasteiger partial charge in [0, 0.05) is 5.56 Å². The van der Waals surface area contributed by atoms with Crippen LogP contribution in [0.1, 0.15) is 15.9 Å². The minimum Gasteiger partial charge on any atom is -0.490 e. The van der Waals surface area contributed by atoms with Gasteiger partial charge in [-0.3, -0.25) is 9.10 Å². The second-order valence-electron chi connectivity index (χ2n) is 6.98. The number of para-hydroxylation sites is 1. The Kier molecular flexibility index (Phi) is 7.71. The number of carbonyl (C=O) groups is 1. The van der Waals surface area contributed by atoms with E-state index in [2.05, 4.69) is 5.32 Å². The zero-order valence-electron chi connectivity index (χ0n) is 17.3. The molecule has 1 N–H and O–H groups in total. The van der Waals surface area contributed by atoms with Crippen molar-refractivity contribution in [2.24, 2.45) is 0 Å². The molecule has 1 amide bonds. The van der Waals surface area contributed by atoms with Gasteiger partial charge in [0.15, 0.2) is 0 Å². The molecule has 0 fully saturated rings. The Morgan fingerprint density at radius 2 is 1.78 bits per heavy atom. The lowest BCUT2D eigenvalue weighted by atomic mass is 10.1. The molecule has 0 aliphatic rings. The largest absolute Gasteiger partial charge is 0.490 e. The molecule has 3 aromatic carbocycles. The van der Waals surface area contributed by atoms with Gasteiger partial charge in [-0.25, -0.2) is 12.8 Å². The van der Waals surface area contributed by atoms with Crippen LogP contribution in [0, 0.1) is 5.82 Å². The molecular weight excluding hydrogens is 455 g/mol. The fourth-order valence-electron chi connectivity index (χ4n) is 2.95. The Morgan fingerprint density at radius 1 is 1.06 bits per heavy atom. The Hall–Kier alpha value is -3.10. The zero-order chi connectivity index (χ0) is 23.1. The second-order valence-corrected chi connectivity index (χ2v) is 9.30. The van der Waals surface area contributed by atoms with Crippen molar-refractivity contribution in [3.63, 3.8) is 0 Å². The highest BCUT2D eigenvalue weighted by molar-refractivity contribution is 7.92. The van der Waals surface area contributed by atoms with Crippen molar-refractivity contribution in [2.45, 2.75) is 6.54 Å². The Labute approximate surface area is 191 Å². The first-order valence-electron chi connectivity index (χ1n) is 9.72. The minimum atomic E-state index is -3.64. The number of carbonyl (C=O) groups excluding carboxylic acids is 1. The van der Waals surface area contributed by atoms with Gasteiger partial charge in [-0.1, -0.05) is 41.9 Å². The quantitative estimate of drug-likeness (QED) is 0.468. The van der Waals surface area contributed by atoms with Crippen molar-refractivity contribution in [3.8, 4) is 5.75 Å². The van der Waals surface area contributed by atoms with Crippen LogP contribution in [-0.2, 0) is 16.6 Å². The smallest absolute Gasteiger partial charge is 0.251 e. The summed E-state index contributed by atoms with van der Waals surface area (Å²) in [5.74, 6) is -0.271. The molecule has 0 radical (unpaired) electrons. The van der Waals surface area contributed by atoms with Gasteiger partial charge in [0.05, 0.1) is 30.1 Å². The number of hydrogen-bond donors (Lipinski definition) is 1. The topological polar surface area (TPSA) is 75.7 Å². The van der Waals surface area contributed by atoms with E-state index in [0.717, 1.165) is 16.6 Å². The van der Waals surface area contributed by atoms with Crippen molar-refractivity contribution in [2.75, 3.05) is 23.7 Å². The molecular formula is C23H22ClFN2O4S. The maximum Gasteiger partial charge on any atom is 0.251 e. The summed E-state index contributed by atoms with van der Waals surface area (Å²) in [7, 11) is -3.64. The van der Waals surface area contributed by atoms with Crippen molar-refractivity contribution < 1.29 is 22.3 Å². The van der Waals surface area contributed by atoms with Gasteiger partial charge in [-0.05, 0) is 48.0 Å². The average Bonchev–Trinajstić information content (AvgIpc) is 2.75. The number of amides is 1. The molecule has 3 aromatic rings. The average molecular weight is 477 g/mol. The number of hydrogen-bond acceptors (Lipinski definition) is 4. The molecule has 0 atom stereocenters. The molecule has 168 valence electrons. The van der Waals surface area contributed by atoms with Crippen molar-refractivity contribution in [1.82, 2.24) is 5.32 Å². The summed E-state index contributed by atoms with van der Waals surface area (Å²) in [5, 5.41) is 3.25. The van der Waals surface area contributed by atoms with E-state index in [0.29, 0.717) is 21.9 Å². The summed E-state index contributed by atoms with van der Waals surface area (Å²) < 4.78 is 44.6. The van der Waals surface area contributed by atoms with E-state index in [-0.39, 0.29) is 31.3 Å². The number of benzene rings is 3. The summed E-state index contributed by atoms with van der Waals surface area (Å²) in [6, 6.07) is 19.0. The second kappa shape index (κ2) is 10.5. The van der Waals surface area contributed by atoms with E-state index >= 15 is 0 Å². The Balaban J connectivity index is 1.58. The van der Waals surface area contributed by atoms with E-state index in [1.54, 1.807) is 48.5 Å². The third-order valence-electron chi connectivity index (χ3n) is 4.52. The molecule has 0 aliphatic heterocycles. The van der Waals surface area contributed by atoms with Crippen LogP contribution in [0.25, 0.3) is 0 Å². The standard InChI is InChI=1S/C23H22ClFN2O4S/c1-32(29,30)27(20-6-4-5-19(25)15-20)16-17-9-11-18(12-10-17)23(28)26-13-14-31-22-8-3-2-7-21(22)24/h2-12,15H,13-14,16H2,1H3,(H,26,28). The number of nitrogens with zero attached hydrogens (tertiary/aromatic N) is 1. The monoisotopic (exact) mass is 476 g/mol. The summed E-state index contributed by atoms with van der Waals surface area (Å²) in [6.45, 7) is 0.549. The van der Waals surface area contributed by atoms with Gasteiger partial charge in [0.1, 0.15) is 18.2 Å². The Bertz CT molecular complexity index is 1190. The lowest BCUT2D eigenvalue weighted by molar-refractivity contribution is 0.0947. The lowest BCUT2D eigenvalue weighted by Gasteiger charge is -2.22. The first-order valence-corrected chi connectivity index (χ1v) is 11.9. The number of nitrogens with one attached hydrogen (secondary N) is 1. The highest BCUT2D eigenvalue weighted by Crippen LogP contribution is 2.23. The molecule has 9 heteroatoms. The van der Waals surface area contributed by atoms with Crippen LogP contribution < -0.4 is 14.4 Å². The molecule has 0 spiro atoms. The molecule has 32 heavy (non-hydrogen) atoms. The van der Waals surface area contributed by atoms with Gasteiger partial charge in [-0.15, -0.1) is 0 Å². The summed E-state index contributed by atoms with van der Waals surface area (Å²) in [4.78, 5) is 12.3. The summed E-state index contributed by atoms with van der Waals surface area (Å²) >= 11 is 6.02. The number of sulfonamides is 1. The fraction of sp³-hybridized carbons (Fsp3) is 0.174. The first kappa shape index (κ1) is 23.6. The first-order chi connectivity index (χ1) is 15.2. The molecule has 6 nitrogen and oxygen atoms in total. The SMILES string of the molecule is CS(=O)(=O)N(Cc1ccc(C(=O)NCCOc2ccccc2Cl)cc1)c1cccc(F)c1. The highest BCUT2D eigenvalue weighted by Gasteiger charge is 2.18. The number of halogens is 2. The van der Waals surface area contributed by atoms with Gasteiger partial charge in [0.2, 0.25) is 10.0 Å². The van der Waals surface area contributed by atoms with Crippen molar-refractivity contribution >= 4 is 33.2 Å². The zero-order valence-corrected chi connectivity index (χ0v) is 18.9. The molecule has 0 saturated heterocycles. The number of rotatable bonds is 9. The predicted octanol–water partition coefficient (Wildman–Crippen LogP) is 4.25. The molecule has 0 aromatic heterocycles. The molecule has 0 bridgehead atoms. The summed E-state index contributed by atoms with van der Waals surface area (Å²) in [6.07, 6.45) is 1.06. The Morgan fingerprint density at radius 3 is 2.44 bits per heavy atom. The maximum atomic E-state index is 13.6. The van der Waals surface area contributed by atoms with E-state index in [4.69, 9.17) is 16.3 Å². The molecule has 0 aliphatic carbocycles. The third-order valence-corrected chi connectivity index (χ3v) is 5.97. The highest BCUT2D eigenvalue weighted by atomic mass is 35.5. The van der Waals surface area contributed by atoms with Gasteiger partial charge in [-0.2, -0.15) is 0 Å². The fourth-order valence-corrected chi connectivity index (χ4v) is 4.02. The van der Waals surface area contributed by atoms with Crippen LogP contribution in [0.2, 0.25) is 5.02 Å². The number of anilines is 1. The lowest BCUT2D eigenvalue weighted by Crippen LogP contribution is -2.29. The predicted molar refractivity (Wildman–Crippen MR) is 123 cm³/mol. The minimum absolute atomic E-state index is 0.00978. The number of ether oxygens (including phenoxy) is 1. The third kappa shape index (κ3) is 6.45. The van der Waals surface area contributed by atoms with Crippen LogP contribution in [-0.4, -0.2) is 33.7 Å². The summed E-state index contributed by atoms with van der Waals surface area (Å²) in [5.41, 5.74) is 1.30. The van der Waals surface area contributed by atoms with Crippen molar-refractivity contribution in [1.29, 1.82) is 0 Å². The van der Waals surface area contributed by atoms with Gasteiger partial charge >= 0.3 is 0 Å². The van der Waals surface area contributed by atoms with Crippen LogP contribution in [0.5, 0.6) is 5.75 Å². The maximum absolute atomic E-state index is 13.6. The van der Waals surface area contributed by atoms with Crippen LogP contribution in [0.15, 0.2) is 72.8 Å². The van der Waals surface area contributed by atoms with E-state index in [9.17, 15) is 17.6 Å². The van der Waals surface area contributed by atoms with E-state index in [1.165, 1.54) is 18.2 Å². The molecule has 3 rings (SSSR count). The van der Waals surface area contributed by atoms with E-state index in [1.807, 2.05) is 0 Å². The molecule has 0 unspecified atom stereocenters. The van der Waals surface area contributed by atoms with E-state index < -0.39 is 15.8 Å². The normalized spacial score (nSPS) is 11.1. The van der Waals surface area contributed by atoms with Gasteiger partial charge < -0.3 is 10.1 Å². The van der Waals surface area contributed by atoms with Crippen LogP contribution >= 0.6 is 11.6 Å². The van der Waals surface area contributed by atoms with Crippen LogP contribution in [0.4, 0.5) is 10.1 Å². The van der Waals surface area contributed by atoms with Crippen molar-refractivity contribution in [3.05, 3.63) is 94.8 Å². The molecule has 0 saturated carbocycles. The van der Waals surface area contributed by atoms with Gasteiger partial charge in [0.25, 0.3) is 5.91 Å².